The molecule has 0 spiro atoms. The summed E-state index contributed by atoms with van der Waals surface area (Å²) in [6, 6.07) is 19.7. The first kappa shape index (κ1) is 17.3. The van der Waals surface area contributed by atoms with Gasteiger partial charge in [-0.3, -0.25) is 15.1 Å². The predicted octanol–water partition coefficient (Wildman–Crippen LogP) is 5.79. The molecule has 2 heterocycles. The Morgan fingerprint density at radius 3 is 2.48 bits per heavy atom. The van der Waals surface area contributed by atoms with E-state index in [2.05, 4.69) is 9.97 Å². The molecule has 0 bridgehead atoms. The number of fused-ring (bicyclic) bond motifs is 2. The Morgan fingerprint density at radius 1 is 0.931 bits per heavy atom. The van der Waals surface area contributed by atoms with Crippen LogP contribution >= 0.6 is 11.3 Å². The van der Waals surface area contributed by atoms with Crippen LogP contribution in [0.4, 0.5) is 5.69 Å². The van der Waals surface area contributed by atoms with Crippen LogP contribution in [0.2, 0.25) is 0 Å². The van der Waals surface area contributed by atoms with Gasteiger partial charge >= 0.3 is 0 Å². The third-order valence-electron chi connectivity index (χ3n) is 4.73. The van der Waals surface area contributed by atoms with E-state index in [1.807, 2.05) is 36.4 Å². The van der Waals surface area contributed by atoms with E-state index in [1.165, 1.54) is 23.5 Å². The van der Waals surface area contributed by atoms with Crippen molar-refractivity contribution in [2.24, 2.45) is 0 Å². The number of aromatic hydroxyl groups is 1. The summed E-state index contributed by atoms with van der Waals surface area (Å²) in [6.45, 7) is 0. The largest absolute Gasteiger partial charge is 0.507 e. The molecule has 0 saturated carbocycles. The molecule has 0 radical (unpaired) electrons. The summed E-state index contributed by atoms with van der Waals surface area (Å²) in [4.78, 5) is 19.5. The molecule has 0 aliphatic rings. The first-order chi connectivity index (χ1) is 14.1. The third kappa shape index (κ3) is 3.07. The van der Waals surface area contributed by atoms with Gasteiger partial charge in [-0.25, -0.2) is 4.98 Å². The van der Waals surface area contributed by atoms with E-state index in [-0.39, 0.29) is 11.4 Å². The fourth-order valence-electron chi connectivity index (χ4n) is 3.26. The van der Waals surface area contributed by atoms with Crippen LogP contribution in [0.25, 0.3) is 42.8 Å². The van der Waals surface area contributed by atoms with Crippen LogP contribution in [0.1, 0.15) is 0 Å². The van der Waals surface area contributed by atoms with Gasteiger partial charge in [0.25, 0.3) is 5.69 Å². The summed E-state index contributed by atoms with van der Waals surface area (Å²) in [5.74, 6) is 0.132. The molecule has 1 N–H and O–H groups in total. The Kier molecular flexibility index (Phi) is 3.96. The van der Waals surface area contributed by atoms with E-state index in [9.17, 15) is 15.2 Å². The topological polar surface area (TPSA) is 89.2 Å². The average Bonchev–Trinajstić information content (AvgIpc) is 3.17. The minimum absolute atomic E-state index is 0.0468. The van der Waals surface area contributed by atoms with Crippen molar-refractivity contribution in [1.82, 2.24) is 9.97 Å². The number of phenols is 1. The Balaban J connectivity index is 1.61. The number of nitro benzene ring substituents is 1. The number of nitrogens with zero attached hydrogens (tertiary/aromatic N) is 3. The molecule has 0 aliphatic heterocycles. The van der Waals surface area contributed by atoms with Gasteiger partial charge in [-0.05, 0) is 42.0 Å². The lowest BCUT2D eigenvalue weighted by molar-refractivity contribution is -0.384. The van der Waals surface area contributed by atoms with Crippen molar-refractivity contribution in [3.05, 3.63) is 83.0 Å². The van der Waals surface area contributed by atoms with Crippen LogP contribution in [0, 0.1) is 10.1 Å². The van der Waals surface area contributed by atoms with E-state index in [1.54, 1.807) is 24.4 Å². The number of benzene rings is 3. The number of pyridine rings is 1. The maximum atomic E-state index is 10.9. The molecular formula is C22H13N3O3S. The second kappa shape index (κ2) is 6.65. The Bertz CT molecular complexity index is 1360. The summed E-state index contributed by atoms with van der Waals surface area (Å²) in [7, 11) is 0. The SMILES string of the molecule is O=[N+]([O-])c1ccc(-c2cnc3cc(O)c(-c4nc5ccccc5s4)cc3c2)cc1. The molecule has 140 valence electrons. The number of hydrogen-bond acceptors (Lipinski definition) is 6. The van der Waals surface area contributed by atoms with Crippen LogP contribution in [-0.2, 0) is 0 Å². The molecule has 6 nitrogen and oxygen atoms in total. The number of nitro groups is 1. The quantitative estimate of drug-likeness (QED) is 0.306. The fourth-order valence-corrected chi connectivity index (χ4v) is 4.25. The standard InChI is InChI=1S/C22H13N3O3S/c26-20-11-19-14(10-17(20)22-24-18-3-1-2-4-21(18)29-22)9-15(12-23-19)13-5-7-16(8-6-13)25(27)28/h1-12,26H. The zero-order chi connectivity index (χ0) is 20.0. The Labute approximate surface area is 168 Å². The predicted molar refractivity (Wildman–Crippen MR) is 114 cm³/mol. The fraction of sp³-hybridized carbons (Fsp3) is 0. The third-order valence-corrected chi connectivity index (χ3v) is 5.80. The minimum atomic E-state index is -0.421. The molecule has 0 atom stereocenters. The van der Waals surface area contributed by atoms with Crippen molar-refractivity contribution in [2.75, 3.05) is 0 Å². The number of hydrogen-bond donors (Lipinski definition) is 1. The van der Waals surface area contributed by atoms with Crippen LogP contribution < -0.4 is 0 Å². The molecule has 0 fully saturated rings. The molecule has 7 heteroatoms. The summed E-state index contributed by atoms with van der Waals surface area (Å²) in [6.07, 6.45) is 1.69. The maximum Gasteiger partial charge on any atom is 0.269 e. The number of aromatic nitrogens is 2. The Hall–Kier alpha value is -3.84. The van der Waals surface area contributed by atoms with Gasteiger partial charge in [-0.1, -0.05) is 12.1 Å². The zero-order valence-electron chi connectivity index (χ0n) is 14.9. The second-order valence-electron chi connectivity index (χ2n) is 6.58. The Morgan fingerprint density at radius 2 is 1.72 bits per heavy atom. The van der Waals surface area contributed by atoms with Gasteiger partial charge in [0.15, 0.2) is 0 Å². The van der Waals surface area contributed by atoms with E-state index in [0.717, 1.165) is 31.7 Å². The van der Waals surface area contributed by atoms with Gasteiger partial charge in [-0.2, -0.15) is 0 Å². The molecular weight excluding hydrogens is 386 g/mol. The highest BCUT2D eigenvalue weighted by molar-refractivity contribution is 7.21. The lowest BCUT2D eigenvalue weighted by Crippen LogP contribution is -1.88. The number of phenolic OH excluding ortho intramolecular Hbond substituents is 1. The number of non-ortho nitro benzene ring substituents is 1. The van der Waals surface area contributed by atoms with Crippen LogP contribution in [0.15, 0.2) is 72.9 Å². The summed E-state index contributed by atoms with van der Waals surface area (Å²) >= 11 is 1.52. The van der Waals surface area contributed by atoms with Gasteiger partial charge in [0.1, 0.15) is 10.8 Å². The highest BCUT2D eigenvalue weighted by atomic mass is 32.1. The molecule has 3 aromatic carbocycles. The van der Waals surface area contributed by atoms with Gasteiger partial charge in [-0.15, -0.1) is 11.3 Å². The molecule has 5 rings (SSSR count). The molecule has 0 amide bonds. The zero-order valence-corrected chi connectivity index (χ0v) is 15.8. The van der Waals surface area contributed by atoms with Gasteiger partial charge in [0, 0.05) is 35.3 Å². The number of rotatable bonds is 3. The van der Waals surface area contributed by atoms with Gasteiger partial charge in [0.2, 0.25) is 0 Å². The van der Waals surface area contributed by atoms with Crippen molar-refractivity contribution in [3.63, 3.8) is 0 Å². The minimum Gasteiger partial charge on any atom is -0.507 e. The summed E-state index contributed by atoms with van der Waals surface area (Å²) < 4.78 is 1.06. The van der Waals surface area contributed by atoms with Crippen LogP contribution in [0.5, 0.6) is 5.75 Å². The highest BCUT2D eigenvalue weighted by Gasteiger charge is 2.13. The van der Waals surface area contributed by atoms with Crippen molar-refractivity contribution in [2.45, 2.75) is 0 Å². The smallest absolute Gasteiger partial charge is 0.269 e. The molecule has 2 aromatic heterocycles. The molecule has 29 heavy (non-hydrogen) atoms. The van der Waals surface area contributed by atoms with Gasteiger partial charge in [0.05, 0.1) is 26.2 Å². The van der Waals surface area contributed by atoms with E-state index in [0.29, 0.717) is 11.1 Å². The second-order valence-corrected chi connectivity index (χ2v) is 7.61. The lowest BCUT2D eigenvalue weighted by atomic mass is 10.0. The molecule has 5 aromatic rings. The molecule has 0 aliphatic carbocycles. The monoisotopic (exact) mass is 399 g/mol. The number of para-hydroxylation sites is 1. The molecule has 0 saturated heterocycles. The van der Waals surface area contributed by atoms with Crippen LogP contribution in [-0.4, -0.2) is 20.0 Å². The van der Waals surface area contributed by atoms with Crippen LogP contribution in [0.3, 0.4) is 0 Å². The highest BCUT2D eigenvalue weighted by Crippen LogP contribution is 2.38. The maximum absolute atomic E-state index is 10.9. The average molecular weight is 399 g/mol. The van der Waals surface area contributed by atoms with Gasteiger partial charge < -0.3 is 5.11 Å². The van der Waals surface area contributed by atoms with Crippen molar-refractivity contribution in [3.8, 4) is 27.4 Å². The first-order valence-corrected chi connectivity index (χ1v) is 9.64. The first-order valence-electron chi connectivity index (χ1n) is 8.82. The normalized spacial score (nSPS) is 11.2. The van der Waals surface area contributed by atoms with Crippen molar-refractivity contribution < 1.29 is 10.0 Å². The number of thiazole rings is 1. The summed E-state index contributed by atoms with van der Waals surface area (Å²) in [5.41, 5.74) is 3.93. The summed E-state index contributed by atoms with van der Waals surface area (Å²) in [5, 5.41) is 23.0. The van der Waals surface area contributed by atoms with E-state index in [4.69, 9.17) is 0 Å². The van der Waals surface area contributed by atoms with E-state index >= 15 is 0 Å². The van der Waals surface area contributed by atoms with Crippen molar-refractivity contribution >= 4 is 38.1 Å². The molecule has 0 unspecified atom stereocenters. The van der Waals surface area contributed by atoms with E-state index < -0.39 is 4.92 Å². The van der Waals surface area contributed by atoms with Crippen molar-refractivity contribution in [1.29, 1.82) is 0 Å². The lowest BCUT2D eigenvalue weighted by Gasteiger charge is -2.07.